The van der Waals surface area contributed by atoms with Crippen LogP contribution < -0.4 is 4.74 Å². The Morgan fingerprint density at radius 2 is 1.91 bits per heavy atom. The summed E-state index contributed by atoms with van der Waals surface area (Å²) in [5.74, 6) is 2.67. The van der Waals surface area contributed by atoms with Gasteiger partial charge in [0.1, 0.15) is 5.75 Å². The van der Waals surface area contributed by atoms with Crippen LogP contribution in [-0.4, -0.2) is 37.7 Å². The molecule has 0 aromatic heterocycles. The van der Waals surface area contributed by atoms with Crippen molar-refractivity contribution in [3.63, 3.8) is 0 Å². The topological polar surface area (TPSA) is 21.7 Å². The van der Waals surface area contributed by atoms with Crippen LogP contribution >= 0.6 is 0 Å². The first-order valence-electron chi connectivity index (χ1n) is 12.7. The molecular weight excluding hydrogens is 394 g/mol. The molecule has 1 saturated carbocycles. The van der Waals surface area contributed by atoms with Crippen LogP contribution in [0, 0.1) is 11.8 Å². The van der Waals surface area contributed by atoms with Crippen molar-refractivity contribution in [2.24, 2.45) is 11.8 Å². The molecule has 1 aliphatic heterocycles. The molecule has 2 aromatic carbocycles. The molecule has 1 saturated heterocycles. The zero-order chi connectivity index (χ0) is 22.0. The van der Waals surface area contributed by atoms with Gasteiger partial charge in [0.2, 0.25) is 0 Å². The van der Waals surface area contributed by atoms with Crippen molar-refractivity contribution in [3.8, 4) is 5.75 Å². The van der Waals surface area contributed by atoms with Crippen molar-refractivity contribution in [1.29, 1.82) is 0 Å². The maximum absolute atomic E-state index is 5.98. The highest BCUT2D eigenvalue weighted by molar-refractivity contribution is 5.45. The number of likely N-dealkylation sites (tertiary alicyclic amines) is 1. The van der Waals surface area contributed by atoms with Gasteiger partial charge in [-0.25, -0.2) is 0 Å². The van der Waals surface area contributed by atoms with Crippen molar-refractivity contribution >= 4 is 0 Å². The first-order valence-corrected chi connectivity index (χ1v) is 12.7. The number of methoxy groups -OCH3 is 1. The fourth-order valence-electron chi connectivity index (χ4n) is 6.41. The van der Waals surface area contributed by atoms with E-state index >= 15 is 0 Å². The van der Waals surface area contributed by atoms with Crippen molar-refractivity contribution in [3.05, 3.63) is 65.2 Å². The van der Waals surface area contributed by atoms with Gasteiger partial charge in [0.25, 0.3) is 0 Å². The number of piperidine rings is 1. The number of hydrogen-bond acceptors (Lipinski definition) is 3. The number of fused-ring (bicyclic) bond motifs is 4. The Kier molecular flexibility index (Phi) is 6.57. The Bertz CT molecular complexity index is 893. The Balaban J connectivity index is 1.26. The summed E-state index contributed by atoms with van der Waals surface area (Å²) in [5, 5.41) is 0. The minimum Gasteiger partial charge on any atom is -0.497 e. The zero-order valence-electron chi connectivity index (χ0n) is 19.9. The van der Waals surface area contributed by atoms with Crippen molar-refractivity contribution in [2.75, 3.05) is 26.8 Å². The summed E-state index contributed by atoms with van der Waals surface area (Å²) in [4.78, 5) is 2.84. The number of unbranched alkanes of at least 4 members (excludes halogenated alkanes) is 1. The molecule has 2 aliphatic carbocycles. The first kappa shape index (κ1) is 22.0. The standard InChI is InChI=1S/C29H39NO2/c1-22-28-18-25-12-13-26(31-2)19-27(25)29(22,15-16-30(28)20-23-10-11-23)14-6-7-17-32-21-24-8-4-3-5-9-24/h3-5,8-9,12-13,19,22-23,28H,6-7,10-11,14-18,20-21H2,1-2H3/t22-,28?,29-/m0/s1. The van der Waals surface area contributed by atoms with E-state index in [1.54, 1.807) is 18.2 Å². The second-order valence-electron chi connectivity index (χ2n) is 10.4. The van der Waals surface area contributed by atoms with Gasteiger partial charge >= 0.3 is 0 Å². The van der Waals surface area contributed by atoms with Crippen LogP contribution in [0.1, 0.15) is 62.1 Å². The van der Waals surface area contributed by atoms with Gasteiger partial charge in [-0.15, -0.1) is 0 Å². The molecule has 32 heavy (non-hydrogen) atoms. The van der Waals surface area contributed by atoms with E-state index in [-0.39, 0.29) is 5.41 Å². The molecule has 3 aliphatic rings. The number of nitrogens with zero attached hydrogens (tertiary/aromatic N) is 1. The van der Waals surface area contributed by atoms with Crippen molar-refractivity contribution in [1.82, 2.24) is 4.90 Å². The normalized spacial score (nSPS) is 27.2. The second kappa shape index (κ2) is 9.57. The fraction of sp³-hybridized carbons (Fsp3) is 0.586. The maximum atomic E-state index is 5.98. The summed E-state index contributed by atoms with van der Waals surface area (Å²) in [7, 11) is 1.80. The van der Waals surface area contributed by atoms with E-state index < -0.39 is 0 Å². The molecule has 0 N–H and O–H groups in total. The zero-order valence-corrected chi connectivity index (χ0v) is 19.9. The Morgan fingerprint density at radius 3 is 2.69 bits per heavy atom. The molecule has 0 radical (unpaired) electrons. The Labute approximate surface area is 194 Å². The molecule has 2 bridgehead atoms. The second-order valence-corrected chi connectivity index (χ2v) is 10.4. The third kappa shape index (κ3) is 4.47. The van der Waals surface area contributed by atoms with Gasteiger partial charge in [-0.3, -0.25) is 4.90 Å². The lowest BCUT2D eigenvalue weighted by atomic mass is 9.56. The summed E-state index contributed by atoms with van der Waals surface area (Å²) in [6, 6.07) is 18.1. The van der Waals surface area contributed by atoms with Gasteiger partial charge in [0, 0.05) is 24.6 Å². The predicted octanol–water partition coefficient (Wildman–Crippen LogP) is 6.00. The number of rotatable bonds is 10. The Morgan fingerprint density at radius 1 is 1.06 bits per heavy atom. The number of hydrogen-bond donors (Lipinski definition) is 0. The van der Waals surface area contributed by atoms with Crippen molar-refractivity contribution in [2.45, 2.75) is 69.9 Å². The first-order chi connectivity index (χ1) is 15.7. The summed E-state index contributed by atoms with van der Waals surface area (Å²) in [5.41, 5.74) is 4.69. The van der Waals surface area contributed by atoms with Gasteiger partial charge in [-0.1, -0.05) is 49.7 Å². The summed E-state index contributed by atoms with van der Waals surface area (Å²) >= 11 is 0. The van der Waals surface area contributed by atoms with E-state index in [2.05, 4.69) is 60.4 Å². The summed E-state index contributed by atoms with van der Waals surface area (Å²) < 4.78 is 11.6. The molecule has 3 atom stereocenters. The predicted molar refractivity (Wildman–Crippen MR) is 130 cm³/mol. The van der Waals surface area contributed by atoms with Gasteiger partial charge in [-0.05, 0) is 85.7 Å². The monoisotopic (exact) mass is 433 g/mol. The van der Waals surface area contributed by atoms with Crippen molar-refractivity contribution < 1.29 is 9.47 Å². The molecule has 3 nitrogen and oxygen atoms in total. The molecule has 1 heterocycles. The third-order valence-electron chi connectivity index (χ3n) is 8.51. The highest BCUT2D eigenvalue weighted by atomic mass is 16.5. The smallest absolute Gasteiger partial charge is 0.119 e. The van der Waals surface area contributed by atoms with Gasteiger partial charge in [-0.2, -0.15) is 0 Å². The maximum Gasteiger partial charge on any atom is 0.119 e. The average molecular weight is 434 g/mol. The summed E-state index contributed by atoms with van der Waals surface area (Å²) in [6.45, 7) is 6.69. The fourth-order valence-corrected chi connectivity index (χ4v) is 6.41. The van der Waals surface area contributed by atoms with Crippen LogP contribution in [0.5, 0.6) is 5.75 Å². The van der Waals surface area contributed by atoms with E-state index in [4.69, 9.17) is 9.47 Å². The van der Waals surface area contributed by atoms with Crippen LogP contribution in [0.3, 0.4) is 0 Å². The molecule has 0 amide bonds. The van der Waals surface area contributed by atoms with E-state index in [0.717, 1.165) is 31.3 Å². The molecular formula is C29H39NO2. The highest BCUT2D eigenvalue weighted by Gasteiger charge is 2.51. The lowest BCUT2D eigenvalue weighted by Crippen LogP contribution is -2.59. The Hall–Kier alpha value is -1.84. The minimum atomic E-state index is 0.284. The molecule has 2 aromatic rings. The average Bonchev–Trinajstić information content (AvgIpc) is 3.64. The van der Waals surface area contributed by atoms with Gasteiger partial charge < -0.3 is 9.47 Å². The molecule has 172 valence electrons. The van der Waals surface area contributed by atoms with E-state index in [0.29, 0.717) is 12.0 Å². The summed E-state index contributed by atoms with van der Waals surface area (Å²) in [6.07, 6.45) is 9.00. The third-order valence-corrected chi connectivity index (χ3v) is 8.51. The molecule has 5 rings (SSSR count). The van der Waals surface area contributed by atoms with Gasteiger partial charge in [0.15, 0.2) is 0 Å². The molecule has 0 spiro atoms. The van der Waals surface area contributed by atoms with E-state index in [1.165, 1.54) is 57.2 Å². The molecule has 3 heteroatoms. The van der Waals surface area contributed by atoms with Crippen LogP contribution in [0.2, 0.25) is 0 Å². The number of ether oxygens (including phenoxy) is 2. The van der Waals surface area contributed by atoms with Crippen LogP contribution in [-0.2, 0) is 23.2 Å². The van der Waals surface area contributed by atoms with E-state index in [1.807, 2.05) is 0 Å². The van der Waals surface area contributed by atoms with E-state index in [9.17, 15) is 0 Å². The van der Waals surface area contributed by atoms with Crippen LogP contribution in [0.4, 0.5) is 0 Å². The highest BCUT2D eigenvalue weighted by Crippen LogP contribution is 2.52. The minimum absolute atomic E-state index is 0.284. The molecule has 1 unspecified atom stereocenters. The van der Waals surface area contributed by atoms with Crippen LogP contribution in [0.15, 0.2) is 48.5 Å². The van der Waals surface area contributed by atoms with Crippen LogP contribution in [0.25, 0.3) is 0 Å². The van der Waals surface area contributed by atoms with Gasteiger partial charge in [0.05, 0.1) is 13.7 Å². The lowest BCUT2D eigenvalue weighted by Gasteiger charge is -2.56. The number of benzene rings is 2. The molecule has 2 fully saturated rings. The SMILES string of the molecule is COc1ccc2c(c1)[C@@]1(CCCCOCc3ccccc3)CCN(CC3CC3)C(C2)[C@@H]1C. The quantitative estimate of drug-likeness (QED) is 0.429. The lowest BCUT2D eigenvalue weighted by molar-refractivity contribution is 0.0132. The largest absolute Gasteiger partial charge is 0.497 e.